The van der Waals surface area contributed by atoms with Gasteiger partial charge in [0.2, 0.25) is 29.5 Å². The van der Waals surface area contributed by atoms with Crippen LogP contribution in [0.15, 0.2) is 0 Å². The molecule has 0 heterocycles. The first-order valence-corrected chi connectivity index (χ1v) is 24.1. The van der Waals surface area contributed by atoms with Gasteiger partial charge in [0.05, 0.1) is 39.6 Å². The number of unbranched alkanes of at least 4 members (excludes halogenated alkanes) is 13. The van der Waals surface area contributed by atoms with Gasteiger partial charge in [0.15, 0.2) is 0 Å². The third kappa shape index (κ3) is 41.4. The topological polar surface area (TPSA) is 349 Å². The number of hydrogen-bond donors (Lipinski definition) is 9. The van der Waals surface area contributed by atoms with Gasteiger partial charge in [0.25, 0.3) is 0 Å². The van der Waals surface area contributed by atoms with Crippen LogP contribution in [0.1, 0.15) is 148 Å². The van der Waals surface area contributed by atoms with Gasteiger partial charge in [0.1, 0.15) is 37.1 Å². The number of hydrogen-bond acceptors (Lipinski definition) is 14. The standard InChI is InChI=1S/C46H79N5O18/c1-34(52)18-19-35(44(60)61)51-42(57)33-69-31-29-67-27-25-48-41(56)32-68-30-28-66-26-24-47-38(53)22-20-36(45(62)63)50-40(55)23-21-37(46(64)65)49-39(54)16-14-12-10-8-6-4-2-3-5-7-9-11-13-15-17-43(58)59/h35-37H,2-33H2,1H3,(H,47,53)(H,48,56)(H,49,54)(H,50,55)(H,51,57)(H,58,59)(H,60,61)(H,62,63)(H,64,65)/t35-,36-,37-/m0/s1. The fraction of sp³-hybridized carbons (Fsp3) is 0.783. The Morgan fingerprint density at radius 1 is 0.362 bits per heavy atom. The molecule has 5 amide bonds. The van der Waals surface area contributed by atoms with E-state index < -0.39 is 78.1 Å². The summed E-state index contributed by atoms with van der Waals surface area (Å²) in [4.78, 5) is 117. The highest BCUT2D eigenvalue weighted by Gasteiger charge is 2.25. The zero-order valence-electron chi connectivity index (χ0n) is 40.4. The van der Waals surface area contributed by atoms with Gasteiger partial charge in [0, 0.05) is 45.2 Å². The normalized spacial score (nSPS) is 12.2. The second-order valence-corrected chi connectivity index (χ2v) is 16.6. The molecule has 9 N–H and O–H groups in total. The van der Waals surface area contributed by atoms with Gasteiger partial charge >= 0.3 is 23.9 Å². The summed E-state index contributed by atoms with van der Waals surface area (Å²) in [5.74, 6) is -7.59. The first kappa shape index (κ1) is 63.7. The number of carboxylic acid groups (broad SMARTS) is 4. The number of aliphatic carboxylic acids is 4. The van der Waals surface area contributed by atoms with E-state index in [2.05, 4.69) is 26.6 Å². The Bertz CT molecular complexity index is 1530. The molecule has 0 spiro atoms. The maximum atomic E-state index is 12.5. The maximum Gasteiger partial charge on any atom is 0.326 e. The van der Waals surface area contributed by atoms with Crippen LogP contribution in [0.4, 0.5) is 0 Å². The third-order valence-corrected chi connectivity index (χ3v) is 10.4. The predicted molar refractivity (Wildman–Crippen MR) is 248 cm³/mol. The average Bonchev–Trinajstić information content (AvgIpc) is 3.28. The van der Waals surface area contributed by atoms with Gasteiger partial charge in [-0.1, -0.05) is 77.0 Å². The zero-order valence-corrected chi connectivity index (χ0v) is 40.4. The smallest absolute Gasteiger partial charge is 0.326 e. The number of carbonyl (C=O) groups excluding carboxylic acids is 6. The van der Waals surface area contributed by atoms with Crippen LogP contribution in [0.2, 0.25) is 0 Å². The van der Waals surface area contributed by atoms with Crippen molar-refractivity contribution in [2.45, 2.75) is 166 Å². The van der Waals surface area contributed by atoms with Crippen molar-refractivity contribution < 1.29 is 87.3 Å². The van der Waals surface area contributed by atoms with Crippen LogP contribution in [0.3, 0.4) is 0 Å². The molecule has 0 unspecified atom stereocenters. The highest BCUT2D eigenvalue weighted by Crippen LogP contribution is 2.14. The van der Waals surface area contributed by atoms with Gasteiger partial charge in [-0.05, 0) is 39.0 Å². The Kier molecular flexibility index (Phi) is 39.5. The van der Waals surface area contributed by atoms with E-state index in [9.17, 15) is 58.2 Å². The number of ether oxygens (including phenoxy) is 4. The summed E-state index contributed by atoms with van der Waals surface area (Å²) in [6, 6.07) is -3.92. The second kappa shape index (κ2) is 42.8. The van der Waals surface area contributed by atoms with E-state index in [1.807, 2.05) is 0 Å². The minimum Gasteiger partial charge on any atom is -0.481 e. The highest BCUT2D eigenvalue weighted by atomic mass is 16.5. The maximum absolute atomic E-state index is 12.5. The minimum absolute atomic E-state index is 0.0207. The van der Waals surface area contributed by atoms with Crippen molar-refractivity contribution in [3.05, 3.63) is 0 Å². The molecule has 0 aromatic rings. The molecule has 396 valence electrons. The van der Waals surface area contributed by atoms with Crippen LogP contribution in [-0.4, -0.2) is 164 Å². The molecule has 0 saturated carbocycles. The summed E-state index contributed by atoms with van der Waals surface area (Å²) in [5.41, 5.74) is 0. The molecule has 0 aromatic heterocycles. The van der Waals surface area contributed by atoms with Crippen molar-refractivity contribution >= 4 is 59.2 Å². The predicted octanol–water partition coefficient (Wildman–Crippen LogP) is 2.25. The van der Waals surface area contributed by atoms with Crippen molar-refractivity contribution in [3.8, 4) is 0 Å². The lowest BCUT2D eigenvalue weighted by Crippen LogP contribution is -2.44. The number of ketones is 1. The van der Waals surface area contributed by atoms with Crippen molar-refractivity contribution in [2.75, 3.05) is 65.9 Å². The largest absolute Gasteiger partial charge is 0.481 e. The molecule has 0 saturated heterocycles. The molecule has 0 rings (SSSR count). The lowest BCUT2D eigenvalue weighted by atomic mass is 10.0. The van der Waals surface area contributed by atoms with E-state index in [4.69, 9.17) is 29.2 Å². The molecule has 0 aliphatic rings. The van der Waals surface area contributed by atoms with E-state index in [0.29, 0.717) is 6.42 Å². The Labute approximate surface area is 404 Å². The van der Waals surface area contributed by atoms with E-state index >= 15 is 0 Å². The van der Waals surface area contributed by atoms with E-state index in [0.717, 1.165) is 57.8 Å². The number of carbonyl (C=O) groups is 10. The quantitative estimate of drug-likeness (QED) is 0.0395. The fourth-order valence-corrected chi connectivity index (χ4v) is 6.56. The van der Waals surface area contributed by atoms with Crippen LogP contribution >= 0.6 is 0 Å². The Hall–Kier alpha value is -5.26. The highest BCUT2D eigenvalue weighted by molar-refractivity contribution is 5.87. The van der Waals surface area contributed by atoms with Crippen LogP contribution < -0.4 is 26.6 Å². The lowest BCUT2D eigenvalue weighted by Gasteiger charge is -2.17. The number of nitrogens with one attached hydrogen (secondary N) is 5. The van der Waals surface area contributed by atoms with Crippen molar-refractivity contribution in [3.63, 3.8) is 0 Å². The molecular formula is C46H79N5O18. The molecule has 3 atom stereocenters. The third-order valence-electron chi connectivity index (χ3n) is 10.4. The zero-order chi connectivity index (χ0) is 51.5. The monoisotopic (exact) mass is 990 g/mol. The lowest BCUT2D eigenvalue weighted by molar-refractivity contribution is -0.143. The van der Waals surface area contributed by atoms with Crippen molar-refractivity contribution in [1.29, 1.82) is 0 Å². The number of amides is 5. The summed E-state index contributed by atoms with van der Waals surface area (Å²) >= 11 is 0. The Morgan fingerprint density at radius 2 is 0.696 bits per heavy atom. The molecule has 0 radical (unpaired) electrons. The molecule has 23 heteroatoms. The summed E-state index contributed by atoms with van der Waals surface area (Å²) in [5, 5.41) is 49.1. The number of rotatable bonds is 48. The van der Waals surface area contributed by atoms with Gasteiger partial charge in [-0.25, -0.2) is 14.4 Å². The SMILES string of the molecule is CC(=O)CC[C@H](NC(=O)COCCOCCNC(=O)COCCOCCNC(=O)CC[C@H](NC(=O)CC[C@H](NC(=O)CCCCCCCCCCCCCCCCC(=O)O)C(=O)O)C(=O)O)C(=O)O. The fourth-order valence-electron chi connectivity index (χ4n) is 6.56. The minimum atomic E-state index is -1.40. The van der Waals surface area contributed by atoms with Gasteiger partial charge in [-0.2, -0.15) is 0 Å². The summed E-state index contributed by atoms with van der Waals surface area (Å²) in [6.45, 7) is 1.57. The molecule has 0 aliphatic heterocycles. The number of Topliss-reactive ketones (excluding diaryl/α,β-unsaturated/α-hetero) is 1. The molecule has 0 aliphatic carbocycles. The molecule has 0 aromatic carbocycles. The van der Waals surface area contributed by atoms with Crippen LogP contribution in [-0.2, 0) is 66.9 Å². The molecule has 23 nitrogen and oxygen atoms in total. The molecule has 0 fully saturated rings. The second-order valence-electron chi connectivity index (χ2n) is 16.6. The van der Waals surface area contributed by atoms with Gasteiger partial charge in [-0.15, -0.1) is 0 Å². The van der Waals surface area contributed by atoms with E-state index in [1.54, 1.807) is 0 Å². The van der Waals surface area contributed by atoms with Gasteiger partial charge in [-0.3, -0.25) is 28.8 Å². The summed E-state index contributed by atoms with van der Waals surface area (Å²) in [6.07, 6.45) is 13.7. The Balaban J connectivity index is 3.98. The average molecular weight is 990 g/mol. The molecule has 69 heavy (non-hydrogen) atoms. The molecular weight excluding hydrogens is 911 g/mol. The Morgan fingerprint density at radius 3 is 1.12 bits per heavy atom. The van der Waals surface area contributed by atoms with E-state index in [-0.39, 0.29) is 116 Å². The summed E-state index contributed by atoms with van der Waals surface area (Å²) in [7, 11) is 0. The van der Waals surface area contributed by atoms with Crippen LogP contribution in [0, 0.1) is 0 Å². The first-order chi connectivity index (χ1) is 33.0. The van der Waals surface area contributed by atoms with E-state index in [1.165, 1.54) is 32.6 Å². The summed E-state index contributed by atoms with van der Waals surface area (Å²) < 4.78 is 21.0. The van der Waals surface area contributed by atoms with Crippen molar-refractivity contribution in [2.24, 2.45) is 0 Å². The number of carboxylic acids is 4. The van der Waals surface area contributed by atoms with Crippen molar-refractivity contribution in [1.82, 2.24) is 26.6 Å². The van der Waals surface area contributed by atoms with Crippen LogP contribution in [0.25, 0.3) is 0 Å². The first-order valence-electron chi connectivity index (χ1n) is 24.1. The molecule has 0 bridgehead atoms. The van der Waals surface area contributed by atoms with Crippen LogP contribution in [0.5, 0.6) is 0 Å². The van der Waals surface area contributed by atoms with Gasteiger partial charge < -0.3 is 70.8 Å².